The lowest BCUT2D eigenvalue weighted by atomic mass is 9.98. The van der Waals surface area contributed by atoms with Crippen molar-refractivity contribution in [3.05, 3.63) is 59.7 Å². The number of esters is 1. The average Bonchev–Trinajstić information content (AvgIpc) is 3.26. The number of unbranched alkanes of at least 4 members (excludes halogenated alkanes) is 3. The van der Waals surface area contributed by atoms with Crippen molar-refractivity contribution in [3.8, 4) is 11.1 Å². The van der Waals surface area contributed by atoms with Gasteiger partial charge < -0.3 is 29.0 Å². The van der Waals surface area contributed by atoms with Gasteiger partial charge in [-0.05, 0) is 28.7 Å². The van der Waals surface area contributed by atoms with Crippen LogP contribution in [0.3, 0.4) is 0 Å². The van der Waals surface area contributed by atoms with Gasteiger partial charge >= 0.3 is 12.1 Å². The second-order valence-corrected chi connectivity index (χ2v) is 9.12. The molecule has 3 rings (SSSR count). The molecule has 2 aromatic carbocycles. The number of benzene rings is 2. The molecule has 0 atom stereocenters. The number of alkyl carbamates (subject to hydrolysis) is 1. The van der Waals surface area contributed by atoms with Crippen molar-refractivity contribution in [3.63, 3.8) is 0 Å². The van der Waals surface area contributed by atoms with Crippen LogP contribution < -0.4 is 5.32 Å². The first-order valence-electron chi connectivity index (χ1n) is 13.7. The monoisotopic (exact) mass is 527 g/mol. The number of hydrogen-bond acceptors (Lipinski definition) is 7. The van der Waals surface area contributed by atoms with E-state index in [1.165, 1.54) is 22.3 Å². The topological polar surface area (TPSA) is 92.3 Å². The highest BCUT2D eigenvalue weighted by atomic mass is 16.6. The predicted octanol–water partition coefficient (Wildman–Crippen LogP) is 5.09. The van der Waals surface area contributed by atoms with E-state index in [0.717, 1.165) is 25.7 Å². The zero-order valence-corrected chi connectivity index (χ0v) is 22.5. The molecule has 0 bridgehead atoms. The maximum atomic E-state index is 12.2. The van der Waals surface area contributed by atoms with Gasteiger partial charge in [-0.2, -0.15) is 0 Å². The van der Waals surface area contributed by atoms with Gasteiger partial charge in [0.2, 0.25) is 0 Å². The first kappa shape index (κ1) is 29.6. The van der Waals surface area contributed by atoms with Gasteiger partial charge in [-0.3, -0.25) is 4.79 Å². The van der Waals surface area contributed by atoms with Crippen molar-refractivity contribution < 1.29 is 33.3 Å². The SMILES string of the molecule is CCCCCCC(=O)OCCOCCOCCOCCNC(=O)OCC1c2ccccc2-c2ccccc21. The minimum absolute atomic E-state index is 0.0425. The Balaban J connectivity index is 1.13. The van der Waals surface area contributed by atoms with Crippen LogP contribution in [0.4, 0.5) is 4.79 Å². The third kappa shape index (κ3) is 10.1. The number of hydrogen-bond donors (Lipinski definition) is 1. The number of fused-ring (bicyclic) bond motifs is 3. The minimum atomic E-state index is -0.453. The Bertz CT molecular complexity index is 935. The van der Waals surface area contributed by atoms with Gasteiger partial charge in [0, 0.05) is 18.9 Å². The van der Waals surface area contributed by atoms with Crippen molar-refractivity contribution in [1.29, 1.82) is 0 Å². The fourth-order valence-corrected chi connectivity index (χ4v) is 4.40. The van der Waals surface area contributed by atoms with E-state index in [1.807, 2.05) is 24.3 Å². The van der Waals surface area contributed by atoms with Gasteiger partial charge in [-0.1, -0.05) is 74.7 Å². The molecular formula is C30H41NO7. The first-order chi connectivity index (χ1) is 18.7. The fourth-order valence-electron chi connectivity index (χ4n) is 4.40. The molecule has 0 heterocycles. The normalized spacial score (nSPS) is 12.1. The molecule has 0 aliphatic heterocycles. The van der Waals surface area contributed by atoms with Crippen LogP contribution >= 0.6 is 0 Å². The molecule has 2 aromatic rings. The molecule has 38 heavy (non-hydrogen) atoms. The lowest BCUT2D eigenvalue weighted by Gasteiger charge is -2.14. The highest BCUT2D eigenvalue weighted by Crippen LogP contribution is 2.44. The number of amides is 1. The summed E-state index contributed by atoms with van der Waals surface area (Å²) in [5.41, 5.74) is 4.78. The largest absolute Gasteiger partial charge is 0.463 e. The Hall–Kier alpha value is -2.94. The number of ether oxygens (including phenoxy) is 5. The second-order valence-electron chi connectivity index (χ2n) is 9.12. The van der Waals surface area contributed by atoms with E-state index in [0.29, 0.717) is 52.6 Å². The summed E-state index contributed by atoms with van der Waals surface area (Å²) in [5.74, 6) is -0.118. The van der Waals surface area contributed by atoms with Crippen LogP contribution in [-0.2, 0) is 28.5 Å². The molecule has 0 unspecified atom stereocenters. The van der Waals surface area contributed by atoms with Gasteiger partial charge in [0.15, 0.2) is 0 Å². The molecule has 8 nitrogen and oxygen atoms in total. The molecule has 1 amide bonds. The molecule has 0 radical (unpaired) electrons. The lowest BCUT2D eigenvalue weighted by molar-refractivity contribution is -0.145. The summed E-state index contributed by atoms with van der Waals surface area (Å²) in [7, 11) is 0. The number of rotatable bonds is 19. The third-order valence-corrected chi connectivity index (χ3v) is 6.33. The molecule has 208 valence electrons. The molecule has 1 aliphatic carbocycles. The molecule has 1 N–H and O–H groups in total. The van der Waals surface area contributed by atoms with E-state index in [-0.39, 0.29) is 25.1 Å². The van der Waals surface area contributed by atoms with Crippen molar-refractivity contribution >= 4 is 12.1 Å². The van der Waals surface area contributed by atoms with E-state index in [9.17, 15) is 9.59 Å². The molecule has 0 saturated heterocycles. The van der Waals surface area contributed by atoms with Crippen molar-refractivity contribution in [1.82, 2.24) is 5.32 Å². The van der Waals surface area contributed by atoms with Crippen LogP contribution in [0.1, 0.15) is 56.1 Å². The van der Waals surface area contributed by atoms with Gasteiger partial charge in [0.1, 0.15) is 13.2 Å². The van der Waals surface area contributed by atoms with E-state index in [4.69, 9.17) is 23.7 Å². The van der Waals surface area contributed by atoms with Gasteiger partial charge in [0.05, 0.1) is 39.6 Å². The van der Waals surface area contributed by atoms with Crippen LogP contribution in [0.5, 0.6) is 0 Å². The maximum Gasteiger partial charge on any atom is 0.407 e. The number of carbonyl (C=O) groups is 2. The highest BCUT2D eigenvalue weighted by molar-refractivity contribution is 5.79. The number of nitrogens with one attached hydrogen (secondary N) is 1. The zero-order chi connectivity index (χ0) is 26.8. The summed E-state index contributed by atoms with van der Waals surface area (Å²) in [6, 6.07) is 16.5. The Kier molecular flexibility index (Phi) is 13.7. The van der Waals surface area contributed by atoms with Crippen molar-refractivity contribution in [2.75, 3.05) is 59.4 Å². The van der Waals surface area contributed by atoms with Crippen LogP contribution in [-0.4, -0.2) is 71.5 Å². The maximum absolute atomic E-state index is 12.2. The summed E-state index contributed by atoms with van der Waals surface area (Å²) in [5, 5.41) is 2.73. The Labute approximate surface area is 225 Å². The summed E-state index contributed by atoms with van der Waals surface area (Å²) in [6.07, 6.45) is 4.28. The summed E-state index contributed by atoms with van der Waals surface area (Å²) in [4.78, 5) is 23.7. The van der Waals surface area contributed by atoms with E-state index < -0.39 is 6.09 Å². The zero-order valence-electron chi connectivity index (χ0n) is 22.5. The van der Waals surface area contributed by atoms with Gasteiger partial charge in [-0.25, -0.2) is 4.79 Å². The van der Waals surface area contributed by atoms with Crippen LogP contribution in [0.15, 0.2) is 48.5 Å². The number of carbonyl (C=O) groups excluding carboxylic acids is 2. The van der Waals surface area contributed by atoms with E-state index in [1.54, 1.807) is 0 Å². The predicted molar refractivity (Wildman–Crippen MR) is 145 cm³/mol. The lowest BCUT2D eigenvalue weighted by Crippen LogP contribution is -2.29. The molecule has 0 aromatic heterocycles. The molecule has 8 heteroatoms. The quantitative estimate of drug-likeness (QED) is 0.201. The molecule has 0 fully saturated rings. The van der Waals surface area contributed by atoms with Crippen molar-refractivity contribution in [2.45, 2.75) is 44.9 Å². The Morgan fingerprint density at radius 2 is 1.29 bits per heavy atom. The smallest absolute Gasteiger partial charge is 0.407 e. The molecular weight excluding hydrogens is 486 g/mol. The average molecular weight is 528 g/mol. The van der Waals surface area contributed by atoms with Crippen LogP contribution in [0.2, 0.25) is 0 Å². The highest BCUT2D eigenvalue weighted by Gasteiger charge is 2.28. The standard InChI is InChI=1S/C30H41NO7/c1-2-3-4-5-14-29(32)37-22-21-36-20-19-35-18-17-34-16-15-31-30(33)38-23-28-26-12-8-6-10-24(26)25-11-7-9-13-27(25)28/h6-13,28H,2-5,14-23H2,1H3,(H,31,33). The van der Waals surface area contributed by atoms with Gasteiger partial charge in [0.25, 0.3) is 0 Å². The summed E-state index contributed by atoms with van der Waals surface area (Å²) in [6.45, 7) is 5.51. The third-order valence-electron chi connectivity index (χ3n) is 6.33. The first-order valence-corrected chi connectivity index (χ1v) is 13.7. The van der Waals surface area contributed by atoms with Crippen molar-refractivity contribution in [2.24, 2.45) is 0 Å². The Morgan fingerprint density at radius 3 is 1.92 bits per heavy atom. The van der Waals surface area contributed by atoms with Gasteiger partial charge in [-0.15, -0.1) is 0 Å². The summed E-state index contributed by atoms with van der Waals surface area (Å²) < 4.78 is 27.0. The fraction of sp³-hybridized carbons (Fsp3) is 0.533. The Morgan fingerprint density at radius 1 is 0.711 bits per heavy atom. The molecule has 0 spiro atoms. The minimum Gasteiger partial charge on any atom is -0.463 e. The molecule has 1 aliphatic rings. The van der Waals surface area contributed by atoms with Crippen LogP contribution in [0, 0.1) is 0 Å². The van der Waals surface area contributed by atoms with E-state index in [2.05, 4.69) is 36.5 Å². The van der Waals surface area contributed by atoms with Crippen LogP contribution in [0.25, 0.3) is 11.1 Å². The van der Waals surface area contributed by atoms with E-state index >= 15 is 0 Å². The second kappa shape index (κ2) is 17.5. The molecule has 0 saturated carbocycles. The summed E-state index contributed by atoms with van der Waals surface area (Å²) >= 11 is 0.